The van der Waals surface area contributed by atoms with Crippen LogP contribution in [0.15, 0.2) is 35.3 Å². The second-order valence-corrected chi connectivity index (χ2v) is 9.72. The Morgan fingerprint density at radius 1 is 1.23 bits per heavy atom. The van der Waals surface area contributed by atoms with Crippen molar-refractivity contribution in [3.05, 3.63) is 35.9 Å². The van der Waals surface area contributed by atoms with Crippen LogP contribution in [-0.2, 0) is 20.8 Å². The first-order chi connectivity index (χ1) is 14.8. The fraction of sp³-hybridized carbons (Fsp3) is 0.565. The molecule has 0 bridgehead atoms. The third-order valence-corrected chi connectivity index (χ3v) is 6.97. The number of hydrogen-bond acceptors (Lipinski definition) is 5. The Hall–Kier alpha value is -2.35. The lowest BCUT2D eigenvalue weighted by Crippen LogP contribution is -2.58. The van der Waals surface area contributed by atoms with E-state index in [1.807, 2.05) is 44.2 Å². The van der Waals surface area contributed by atoms with Gasteiger partial charge in [0.15, 0.2) is 0 Å². The number of aliphatic imine (C=N–C) groups is 1. The van der Waals surface area contributed by atoms with E-state index in [0.29, 0.717) is 19.4 Å². The Labute approximate surface area is 188 Å². The first-order valence-corrected chi connectivity index (χ1v) is 11.9. The van der Waals surface area contributed by atoms with Gasteiger partial charge in [-0.15, -0.1) is 11.8 Å². The molecular weight excluding hydrogens is 412 g/mol. The summed E-state index contributed by atoms with van der Waals surface area (Å²) in [5.74, 6) is 0.372. The summed E-state index contributed by atoms with van der Waals surface area (Å²) in [4.78, 5) is 44.5. The Bertz CT molecular complexity index is 840. The van der Waals surface area contributed by atoms with E-state index >= 15 is 0 Å². The predicted octanol–water partition coefficient (Wildman–Crippen LogP) is 2.16. The molecule has 0 spiro atoms. The topological polar surface area (TPSA) is 90.9 Å². The molecule has 2 heterocycles. The highest BCUT2D eigenvalue weighted by molar-refractivity contribution is 8.14. The average Bonchev–Trinajstić information content (AvgIpc) is 3.24. The molecule has 1 saturated heterocycles. The van der Waals surface area contributed by atoms with Crippen molar-refractivity contribution in [1.29, 1.82) is 0 Å². The van der Waals surface area contributed by atoms with Gasteiger partial charge in [0.2, 0.25) is 17.7 Å². The highest BCUT2D eigenvalue weighted by Crippen LogP contribution is 2.24. The van der Waals surface area contributed by atoms with Crippen molar-refractivity contribution in [3.63, 3.8) is 0 Å². The Balaban J connectivity index is 1.72. The SMILES string of the molecule is CC(=O)N[C@@H](Cc1ccccc1)C(=O)N1CCC[C@H]1C(=O)NC(C)(C)C1=NCCCS1. The number of carbonyl (C=O) groups is 3. The van der Waals surface area contributed by atoms with E-state index in [4.69, 9.17) is 0 Å². The van der Waals surface area contributed by atoms with Crippen molar-refractivity contribution in [2.75, 3.05) is 18.8 Å². The van der Waals surface area contributed by atoms with Crippen LogP contribution in [0.1, 0.15) is 45.6 Å². The molecule has 1 aromatic carbocycles. The van der Waals surface area contributed by atoms with E-state index in [9.17, 15) is 14.4 Å². The summed E-state index contributed by atoms with van der Waals surface area (Å²) in [5, 5.41) is 6.82. The van der Waals surface area contributed by atoms with Crippen molar-refractivity contribution in [2.24, 2.45) is 4.99 Å². The summed E-state index contributed by atoms with van der Waals surface area (Å²) in [6, 6.07) is 8.36. The average molecular weight is 445 g/mol. The van der Waals surface area contributed by atoms with E-state index in [1.54, 1.807) is 16.7 Å². The van der Waals surface area contributed by atoms with Crippen LogP contribution >= 0.6 is 11.8 Å². The number of nitrogens with one attached hydrogen (secondary N) is 2. The van der Waals surface area contributed by atoms with Gasteiger partial charge in [0, 0.05) is 32.2 Å². The van der Waals surface area contributed by atoms with Crippen LogP contribution in [0.4, 0.5) is 0 Å². The first kappa shape index (κ1) is 23.3. The number of rotatable bonds is 7. The molecule has 0 aromatic heterocycles. The van der Waals surface area contributed by atoms with Gasteiger partial charge in [0.1, 0.15) is 12.1 Å². The number of thioether (sulfide) groups is 1. The van der Waals surface area contributed by atoms with Crippen LogP contribution in [0.3, 0.4) is 0 Å². The molecule has 1 fully saturated rings. The van der Waals surface area contributed by atoms with Gasteiger partial charge in [-0.05, 0) is 38.7 Å². The van der Waals surface area contributed by atoms with Gasteiger partial charge in [-0.2, -0.15) is 0 Å². The lowest BCUT2D eigenvalue weighted by atomic mass is 10.0. The smallest absolute Gasteiger partial charge is 0.246 e. The number of nitrogens with zero attached hydrogens (tertiary/aromatic N) is 2. The quantitative estimate of drug-likeness (QED) is 0.674. The summed E-state index contributed by atoms with van der Waals surface area (Å²) in [5.41, 5.74) is 0.392. The summed E-state index contributed by atoms with van der Waals surface area (Å²) < 4.78 is 0. The molecule has 3 amide bonds. The van der Waals surface area contributed by atoms with Crippen LogP contribution in [-0.4, -0.2) is 64.1 Å². The van der Waals surface area contributed by atoms with Gasteiger partial charge in [0.05, 0.1) is 10.6 Å². The zero-order valence-electron chi connectivity index (χ0n) is 18.5. The molecule has 2 aliphatic rings. The number of hydrogen-bond donors (Lipinski definition) is 2. The monoisotopic (exact) mass is 444 g/mol. The van der Waals surface area contributed by atoms with E-state index in [-0.39, 0.29) is 17.7 Å². The zero-order valence-corrected chi connectivity index (χ0v) is 19.3. The van der Waals surface area contributed by atoms with E-state index in [0.717, 1.165) is 35.7 Å². The lowest BCUT2D eigenvalue weighted by Gasteiger charge is -2.33. The van der Waals surface area contributed by atoms with Crippen LogP contribution in [0, 0.1) is 0 Å². The summed E-state index contributed by atoms with van der Waals surface area (Å²) in [7, 11) is 0. The fourth-order valence-electron chi connectivity index (χ4n) is 4.08. The fourth-order valence-corrected chi connectivity index (χ4v) is 5.14. The molecule has 0 radical (unpaired) electrons. The molecular formula is C23H32N4O3S. The third kappa shape index (κ3) is 6.09. The summed E-state index contributed by atoms with van der Waals surface area (Å²) in [6.07, 6.45) is 2.82. The minimum atomic E-state index is -0.695. The normalized spacial score (nSPS) is 20.0. The van der Waals surface area contributed by atoms with Gasteiger partial charge in [-0.25, -0.2) is 0 Å². The summed E-state index contributed by atoms with van der Waals surface area (Å²) >= 11 is 1.68. The number of benzene rings is 1. The van der Waals surface area contributed by atoms with Gasteiger partial charge in [0.25, 0.3) is 0 Å². The van der Waals surface area contributed by atoms with E-state index in [2.05, 4.69) is 15.6 Å². The van der Waals surface area contributed by atoms with Gasteiger partial charge in [-0.1, -0.05) is 30.3 Å². The van der Waals surface area contributed by atoms with Crippen LogP contribution < -0.4 is 10.6 Å². The minimum Gasteiger partial charge on any atom is -0.344 e. The van der Waals surface area contributed by atoms with Crippen molar-refractivity contribution in [2.45, 2.75) is 64.1 Å². The molecule has 0 unspecified atom stereocenters. The molecule has 2 aliphatic heterocycles. The van der Waals surface area contributed by atoms with Crippen LogP contribution in [0.2, 0.25) is 0 Å². The Morgan fingerprint density at radius 3 is 2.61 bits per heavy atom. The standard InChI is InChI=1S/C23H32N4O3S/c1-16(28)25-18(15-17-9-5-4-6-10-17)21(30)27-13-7-11-19(27)20(29)26-23(2,3)22-24-12-8-14-31-22/h4-6,9-10,18-19H,7-8,11-15H2,1-3H3,(H,25,28)(H,26,29)/t18-,19-/m0/s1. The molecule has 1 aromatic rings. The van der Waals surface area contributed by atoms with Crippen molar-refractivity contribution in [1.82, 2.24) is 15.5 Å². The maximum absolute atomic E-state index is 13.4. The highest BCUT2D eigenvalue weighted by Gasteiger charge is 2.40. The molecule has 0 saturated carbocycles. The number of carbonyl (C=O) groups excluding carboxylic acids is 3. The molecule has 2 atom stereocenters. The molecule has 2 N–H and O–H groups in total. The highest BCUT2D eigenvalue weighted by atomic mass is 32.2. The Kier molecular flexibility index (Phi) is 7.75. The van der Waals surface area contributed by atoms with E-state index < -0.39 is 17.6 Å². The Morgan fingerprint density at radius 2 is 1.97 bits per heavy atom. The minimum absolute atomic E-state index is 0.161. The molecule has 3 rings (SSSR count). The molecule has 0 aliphatic carbocycles. The van der Waals surface area contributed by atoms with Gasteiger partial charge < -0.3 is 15.5 Å². The largest absolute Gasteiger partial charge is 0.344 e. The van der Waals surface area contributed by atoms with Crippen molar-refractivity contribution < 1.29 is 14.4 Å². The molecule has 7 nitrogen and oxygen atoms in total. The first-order valence-electron chi connectivity index (χ1n) is 10.9. The van der Waals surface area contributed by atoms with Crippen LogP contribution in [0.25, 0.3) is 0 Å². The number of likely N-dealkylation sites (tertiary alicyclic amines) is 1. The third-order valence-electron chi connectivity index (χ3n) is 5.56. The van der Waals surface area contributed by atoms with Crippen molar-refractivity contribution in [3.8, 4) is 0 Å². The maximum atomic E-state index is 13.4. The number of amides is 3. The predicted molar refractivity (Wildman–Crippen MR) is 124 cm³/mol. The van der Waals surface area contributed by atoms with Gasteiger partial charge in [-0.3, -0.25) is 19.4 Å². The summed E-state index contributed by atoms with van der Waals surface area (Å²) in [6.45, 7) is 6.62. The molecule has 31 heavy (non-hydrogen) atoms. The van der Waals surface area contributed by atoms with E-state index in [1.165, 1.54) is 6.92 Å². The maximum Gasteiger partial charge on any atom is 0.246 e. The molecule has 8 heteroatoms. The molecule has 168 valence electrons. The van der Waals surface area contributed by atoms with Crippen molar-refractivity contribution >= 4 is 34.5 Å². The second-order valence-electron chi connectivity index (χ2n) is 8.64. The lowest BCUT2D eigenvalue weighted by molar-refractivity contribution is -0.141. The van der Waals surface area contributed by atoms with Gasteiger partial charge >= 0.3 is 0 Å². The van der Waals surface area contributed by atoms with Crippen LogP contribution in [0.5, 0.6) is 0 Å². The second kappa shape index (κ2) is 10.3. The zero-order chi connectivity index (χ0) is 22.4.